The average Bonchev–Trinajstić information content (AvgIpc) is 2.79. The van der Waals surface area contributed by atoms with Crippen LogP contribution in [-0.4, -0.2) is 37.1 Å². The number of rotatable bonds is 15. The first-order valence-electron chi connectivity index (χ1n) is 10.8. The minimum Gasteiger partial charge on any atom is -0.322 e. The van der Waals surface area contributed by atoms with Crippen LogP contribution in [0.4, 0.5) is 0 Å². The number of benzene rings is 2. The molecule has 11 heteroatoms. The zero-order valence-electron chi connectivity index (χ0n) is 19.6. The molecule has 2 rings (SSSR count). The minimum atomic E-state index is -2.83. The van der Waals surface area contributed by atoms with Gasteiger partial charge in [0.1, 0.15) is 0 Å². The Morgan fingerprint density at radius 1 is 0.727 bits per heavy atom. The van der Waals surface area contributed by atoms with Gasteiger partial charge in [0.25, 0.3) is 0 Å². The number of thioether (sulfide) groups is 1. The van der Waals surface area contributed by atoms with Crippen molar-refractivity contribution in [2.45, 2.75) is 37.5 Å². The molecule has 0 saturated carbocycles. The van der Waals surface area contributed by atoms with Crippen molar-refractivity contribution in [2.24, 2.45) is 0 Å². The van der Waals surface area contributed by atoms with Crippen LogP contribution < -0.4 is 0 Å². The van der Waals surface area contributed by atoms with Crippen molar-refractivity contribution in [2.75, 3.05) is 37.1 Å². The quantitative estimate of drug-likeness (QED) is 0.150. The molecule has 33 heavy (non-hydrogen) atoms. The zero-order valence-corrected chi connectivity index (χ0v) is 25.5. The van der Waals surface area contributed by atoms with E-state index in [0.29, 0.717) is 19.8 Å². The highest BCUT2D eigenvalue weighted by molar-refractivity contribution is 8.89. The Morgan fingerprint density at radius 2 is 1.18 bits per heavy atom. The van der Waals surface area contributed by atoms with Gasteiger partial charge in [0, 0.05) is 21.3 Å². The lowest BCUT2D eigenvalue weighted by atomic mass is 10.4. The van der Waals surface area contributed by atoms with Gasteiger partial charge < -0.3 is 13.6 Å². The first-order chi connectivity index (χ1) is 15.9. The third-order valence-corrected chi connectivity index (χ3v) is 16.8. The summed E-state index contributed by atoms with van der Waals surface area (Å²) in [4.78, 5) is 1.92. The standard InChI is InChI=1S/C14H15O2PS2.C8H19O2PS3/c1-2-16-17(15,18-13-9-5-3-6-10-13)19-14-11-7-4-8-12-14;1-4-9-11(12,10-5-2)14-8-7-13-6-3/h3-12H,2H2,1H3;4-8H2,1-3H3. The van der Waals surface area contributed by atoms with Crippen molar-refractivity contribution in [1.82, 2.24) is 0 Å². The van der Waals surface area contributed by atoms with Crippen molar-refractivity contribution in [3.05, 3.63) is 60.7 Å². The van der Waals surface area contributed by atoms with Crippen molar-refractivity contribution in [1.29, 1.82) is 0 Å². The second-order valence-corrected chi connectivity index (χ2v) is 20.9. The first kappa shape index (κ1) is 31.6. The third kappa shape index (κ3) is 14.7. The van der Waals surface area contributed by atoms with E-state index in [9.17, 15) is 4.57 Å². The number of hydrogen-bond donors (Lipinski definition) is 0. The van der Waals surface area contributed by atoms with Crippen molar-refractivity contribution in [3.63, 3.8) is 0 Å². The molecule has 0 aliphatic carbocycles. The summed E-state index contributed by atoms with van der Waals surface area (Å²) >= 11 is 11.6. The van der Waals surface area contributed by atoms with Gasteiger partial charge in [-0.1, -0.05) is 54.7 Å². The van der Waals surface area contributed by atoms with E-state index in [-0.39, 0.29) is 0 Å². The summed E-state index contributed by atoms with van der Waals surface area (Å²) in [5, 5.41) is 0. The van der Waals surface area contributed by atoms with E-state index in [1.807, 2.05) is 93.2 Å². The first-order valence-corrected chi connectivity index (χ1v) is 20.6. The van der Waals surface area contributed by atoms with Crippen LogP contribution in [0.1, 0.15) is 27.7 Å². The molecule has 0 radical (unpaired) electrons. The molecule has 0 aliphatic rings. The average molecular weight is 585 g/mol. The molecule has 186 valence electrons. The summed E-state index contributed by atoms with van der Waals surface area (Å²) in [6, 6.07) is 19.4. The van der Waals surface area contributed by atoms with Crippen molar-refractivity contribution in [3.8, 4) is 0 Å². The summed E-state index contributed by atoms with van der Waals surface area (Å²) in [5.74, 6) is 0.478. The molecule has 2 aromatic rings. The Hall–Kier alpha value is 0.600. The van der Waals surface area contributed by atoms with Gasteiger partial charge in [-0.25, -0.2) is 0 Å². The van der Waals surface area contributed by atoms with Crippen LogP contribution in [0.25, 0.3) is 0 Å². The molecule has 0 fully saturated rings. The normalized spacial score (nSPS) is 11.6. The molecule has 2 aromatic carbocycles. The van der Waals surface area contributed by atoms with Gasteiger partial charge in [-0.05, 0) is 85.4 Å². The summed E-state index contributed by atoms with van der Waals surface area (Å²) in [5.41, 5.74) is -2.02. The highest BCUT2D eigenvalue weighted by atomic mass is 33.1. The molecule has 0 amide bonds. The molecule has 0 aliphatic heterocycles. The largest absolute Gasteiger partial charge is 0.322 e. The number of hydrogen-bond acceptors (Lipinski definition) is 9. The molecule has 4 nitrogen and oxygen atoms in total. The third-order valence-electron chi connectivity index (χ3n) is 3.46. The predicted octanol–water partition coefficient (Wildman–Crippen LogP) is 9.49. The van der Waals surface area contributed by atoms with E-state index in [1.54, 1.807) is 11.4 Å². The SMILES string of the molecule is CCOP(=O)(Sc1ccccc1)Sc1ccccc1.CCOP(=S)(OCC)SCCSCC. The van der Waals surface area contributed by atoms with Crippen LogP contribution in [-0.2, 0) is 29.9 Å². The van der Waals surface area contributed by atoms with E-state index >= 15 is 0 Å². The van der Waals surface area contributed by atoms with Crippen molar-refractivity contribution >= 4 is 69.2 Å². The Kier molecular flexibility index (Phi) is 18.0. The van der Waals surface area contributed by atoms with E-state index in [2.05, 4.69) is 6.92 Å². The van der Waals surface area contributed by atoms with Gasteiger partial charge in [-0.3, -0.25) is 4.57 Å². The van der Waals surface area contributed by atoms with Gasteiger partial charge >= 0.3 is 5.77 Å². The Bertz CT molecular complexity index is 788. The molecule has 0 N–H and O–H groups in total. The lowest BCUT2D eigenvalue weighted by Crippen LogP contribution is -1.94. The molecular weight excluding hydrogens is 551 g/mol. The maximum Gasteiger partial charge on any atom is 0.322 e. The zero-order chi connectivity index (χ0) is 24.4. The second-order valence-electron chi connectivity index (χ2n) is 5.99. The molecule has 0 saturated heterocycles. The lowest BCUT2D eigenvalue weighted by Gasteiger charge is -2.19. The fraction of sp³-hybridized carbons (Fsp3) is 0.455. The molecule has 0 unspecified atom stereocenters. The minimum absolute atomic E-state index is 0.441. The summed E-state index contributed by atoms with van der Waals surface area (Å²) < 4.78 is 29.4. The fourth-order valence-electron chi connectivity index (χ4n) is 2.23. The maximum atomic E-state index is 12.9. The lowest BCUT2D eigenvalue weighted by molar-refractivity contribution is 0.280. The smallest absolute Gasteiger partial charge is 0.322 e. The molecule has 0 bridgehead atoms. The van der Waals surface area contributed by atoms with Gasteiger partial charge in [-0.15, -0.1) is 0 Å². The topological polar surface area (TPSA) is 44.8 Å². The van der Waals surface area contributed by atoms with Crippen LogP contribution in [0.15, 0.2) is 70.5 Å². The van der Waals surface area contributed by atoms with Gasteiger partial charge in [0.2, 0.25) is 5.69 Å². The predicted molar refractivity (Wildman–Crippen MR) is 157 cm³/mol. The van der Waals surface area contributed by atoms with E-state index in [4.69, 9.17) is 25.4 Å². The van der Waals surface area contributed by atoms with Crippen LogP contribution >= 0.6 is 57.4 Å². The van der Waals surface area contributed by atoms with E-state index < -0.39 is 11.5 Å². The summed E-state index contributed by atoms with van der Waals surface area (Å²) in [6.45, 7) is 9.68. The summed E-state index contributed by atoms with van der Waals surface area (Å²) in [6.07, 6.45) is 0. The van der Waals surface area contributed by atoms with Gasteiger partial charge in [0.05, 0.1) is 19.8 Å². The molecular formula is C22H34O4P2S5. The molecule has 0 atom stereocenters. The van der Waals surface area contributed by atoms with Crippen LogP contribution in [0.5, 0.6) is 0 Å². The van der Waals surface area contributed by atoms with Gasteiger partial charge in [0.15, 0.2) is 0 Å². The van der Waals surface area contributed by atoms with Crippen molar-refractivity contribution < 1.29 is 18.1 Å². The Labute approximate surface area is 221 Å². The fourth-order valence-corrected chi connectivity index (χ4v) is 14.9. The van der Waals surface area contributed by atoms with E-state index in [1.165, 1.54) is 22.8 Å². The highest BCUT2D eigenvalue weighted by Gasteiger charge is 2.26. The monoisotopic (exact) mass is 584 g/mol. The molecule has 0 heterocycles. The Morgan fingerprint density at radius 3 is 1.58 bits per heavy atom. The highest BCUT2D eigenvalue weighted by Crippen LogP contribution is 2.74. The van der Waals surface area contributed by atoms with Crippen LogP contribution in [0, 0.1) is 0 Å². The molecule has 0 aromatic heterocycles. The Balaban J connectivity index is 0.000000349. The van der Waals surface area contributed by atoms with Crippen LogP contribution in [0.3, 0.4) is 0 Å². The van der Waals surface area contributed by atoms with E-state index in [0.717, 1.165) is 27.0 Å². The van der Waals surface area contributed by atoms with Crippen LogP contribution in [0.2, 0.25) is 0 Å². The summed E-state index contributed by atoms with van der Waals surface area (Å²) in [7, 11) is 0. The second kappa shape index (κ2) is 18.8. The maximum absolute atomic E-state index is 12.9. The van der Waals surface area contributed by atoms with Gasteiger partial charge in [-0.2, -0.15) is 11.8 Å². The molecule has 0 spiro atoms.